The molecule has 0 atom stereocenters. The molecule has 3 heterocycles. The van der Waals surface area contributed by atoms with Crippen LogP contribution in [0.2, 0.25) is 0 Å². The quantitative estimate of drug-likeness (QED) is 0.498. The number of aryl methyl sites for hydroxylation is 1. The van der Waals surface area contributed by atoms with Crippen LogP contribution in [0.5, 0.6) is 5.88 Å². The molecule has 0 unspecified atom stereocenters. The second-order valence-corrected chi connectivity index (χ2v) is 6.65. The van der Waals surface area contributed by atoms with Gasteiger partial charge in [-0.3, -0.25) is 13.9 Å². The SMILES string of the molecule is COc1nn(C)cc1C(=O)Nc1ccc(Nc2cccc3nc(C(F)(F)F)cn23)cc1. The highest BCUT2D eigenvalue weighted by Crippen LogP contribution is 2.30. The third kappa shape index (κ3) is 4.15. The van der Waals surface area contributed by atoms with Crippen molar-refractivity contribution in [1.29, 1.82) is 0 Å². The number of amides is 1. The number of alkyl halides is 3. The van der Waals surface area contributed by atoms with Crippen molar-refractivity contribution in [3.8, 4) is 5.88 Å². The van der Waals surface area contributed by atoms with Crippen LogP contribution in [0.3, 0.4) is 0 Å². The molecular weight excluding hydrogens is 413 g/mol. The number of fused-ring (bicyclic) bond motifs is 1. The zero-order valence-electron chi connectivity index (χ0n) is 16.4. The van der Waals surface area contributed by atoms with Gasteiger partial charge in [-0.05, 0) is 36.4 Å². The van der Waals surface area contributed by atoms with Crippen molar-refractivity contribution in [1.82, 2.24) is 19.2 Å². The Labute approximate surface area is 174 Å². The molecule has 1 aromatic carbocycles. The summed E-state index contributed by atoms with van der Waals surface area (Å²) >= 11 is 0. The monoisotopic (exact) mass is 430 g/mol. The fourth-order valence-corrected chi connectivity index (χ4v) is 3.01. The fraction of sp³-hybridized carbons (Fsp3) is 0.150. The van der Waals surface area contributed by atoms with Gasteiger partial charge >= 0.3 is 6.18 Å². The molecule has 4 aromatic rings. The first kappa shape index (κ1) is 20.3. The van der Waals surface area contributed by atoms with E-state index >= 15 is 0 Å². The predicted octanol–water partition coefficient (Wildman–Crippen LogP) is 4.09. The van der Waals surface area contributed by atoms with E-state index in [0.29, 0.717) is 22.8 Å². The number of aromatic nitrogens is 4. The van der Waals surface area contributed by atoms with E-state index in [1.807, 2.05) is 0 Å². The van der Waals surface area contributed by atoms with Gasteiger partial charge in [0.25, 0.3) is 5.91 Å². The second kappa shape index (κ2) is 7.67. The van der Waals surface area contributed by atoms with Crippen LogP contribution in [0.25, 0.3) is 5.65 Å². The van der Waals surface area contributed by atoms with Crippen molar-refractivity contribution < 1.29 is 22.7 Å². The van der Waals surface area contributed by atoms with Crippen LogP contribution < -0.4 is 15.4 Å². The highest BCUT2D eigenvalue weighted by Gasteiger charge is 2.34. The Morgan fingerprint density at radius 3 is 2.45 bits per heavy atom. The van der Waals surface area contributed by atoms with Gasteiger partial charge in [0, 0.05) is 30.8 Å². The minimum absolute atomic E-state index is 0.173. The lowest BCUT2D eigenvalue weighted by molar-refractivity contribution is -0.140. The smallest absolute Gasteiger partial charge is 0.434 e. The Bertz CT molecular complexity index is 1240. The Morgan fingerprint density at radius 1 is 1.06 bits per heavy atom. The molecule has 0 saturated heterocycles. The van der Waals surface area contributed by atoms with Crippen molar-refractivity contribution >= 4 is 28.7 Å². The summed E-state index contributed by atoms with van der Waals surface area (Å²) in [5.74, 6) is 0.246. The number of anilines is 3. The van der Waals surface area contributed by atoms with Crippen molar-refractivity contribution in [2.24, 2.45) is 7.05 Å². The van der Waals surface area contributed by atoms with Crippen molar-refractivity contribution in [3.05, 3.63) is 66.1 Å². The number of nitrogens with one attached hydrogen (secondary N) is 2. The maximum Gasteiger partial charge on any atom is 0.434 e. The molecule has 0 aliphatic rings. The van der Waals surface area contributed by atoms with E-state index in [1.165, 1.54) is 22.3 Å². The Morgan fingerprint density at radius 2 is 1.77 bits per heavy atom. The Balaban J connectivity index is 1.51. The molecule has 0 radical (unpaired) electrons. The number of halogens is 3. The van der Waals surface area contributed by atoms with Gasteiger partial charge in [0.2, 0.25) is 5.88 Å². The highest BCUT2D eigenvalue weighted by molar-refractivity contribution is 6.05. The number of hydrogen-bond acceptors (Lipinski definition) is 5. The minimum atomic E-state index is -4.53. The van der Waals surface area contributed by atoms with E-state index in [4.69, 9.17) is 4.74 Å². The summed E-state index contributed by atoms with van der Waals surface area (Å²) < 4.78 is 46.8. The zero-order valence-corrected chi connectivity index (χ0v) is 16.4. The molecule has 160 valence electrons. The second-order valence-electron chi connectivity index (χ2n) is 6.65. The van der Waals surface area contributed by atoms with Gasteiger partial charge in [0.1, 0.15) is 17.0 Å². The van der Waals surface area contributed by atoms with E-state index < -0.39 is 11.9 Å². The summed E-state index contributed by atoms with van der Waals surface area (Å²) in [4.78, 5) is 16.1. The number of methoxy groups -OCH3 is 1. The lowest BCUT2D eigenvalue weighted by atomic mass is 10.2. The maximum atomic E-state index is 13.0. The van der Waals surface area contributed by atoms with E-state index in [1.54, 1.807) is 49.6 Å². The van der Waals surface area contributed by atoms with E-state index in [9.17, 15) is 18.0 Å². The van der Waals surface area contributed by atoms with Gasteiger partial charge in [-0.2, -0.15) is 13.2 Å². The van der Waals surface area contributed by atoms with Crippen molar-refractivity contribution in [3.63, 3.8) is 0 Å². The molecule has 0 aliphatic heterocycles. The third-order valence-corrected chi connectivity index (χ3v) is 4.43. The highest BCUT2D eigenvalue weighted by atomic mass is 19.4. The van der Waals surface area contributed by atoms with Crippen LogP contribution in [0.4, 0.5) is 30.4 Å². The van der Waals surface area contributed by atoms with Gasteiger partial charge in [0.15, 0.2) is 5.69 Å². The summed E-state index contributed by atoms with van der Waals surface area (Å²) in [5, 5.41) is 9.84. The van der Waals surface area contributed by atoms with Crippen molar-refractivity contribution in [2.45, 2.75) is 6.18 Å². The normalized spacial score (nSPS) is 11.5. The molecule has 8 nitrogen and oxygen atoms in total. The fourth-order valence-electron chi connectivity index (χ4n) is 3.01. The lowest BCUT2D eigenvalue weighted by Crippen LogP contribution is -2.12. The number of carbonyl (C=O) groups is 1. The maximum absolute atomic E-state index is 13.0. The standard InChI is InChI=1S/C20H17F3N6O2/c1-28-10-14(19(27-28)31-2)18(30)25-13-8-6-12(7-9-13)24-16-4-3-5-17-26-15(11-29(16)17)20(21,22)23/h3-11,24H,1-2H3,(H,25,30). The summed E-state index contributed by atoms with van der Waals surface area (Å²) in [7, 11) is 3.11. The molecule has 31 heavy (non-hydrogen) atoms. The number of ether oxygens (including phenoxy) is 1. The molecular formula is C20H17F3N6O2. The molecule has 0 bridgehead atoms. The molecule has 0 saturated carbocycles. The predicted molar refractivity (Wildman–Crippen MR) is 108 cm³/mol. The van der Waals surface area contributed by atoms with Gasteiger partial charge in [-0.15, -0.1) is 5.10 Å². The zero-order chi connectivity index (χ0) is 22.2. The average molecular weight is 430 g/mol. The first-order chi connectivity index (χ1) is 14.7. The summed E-state index contributed by atoms with van der Waals surface area (Å²) in [5.41, 5.74) is 0.644. The molecule has 0 spiro atoms. The molecule has 1 amide bonds. The number of pyridine rings is 1. The minimum Gasteiger partial charge on any atom is -0.479 e. The molecule has 3 aromatic heterocycles. The van der Waals surface area contributed by atoms with E-state index in [0.717, 1.165) is 6.20 Å². The topological polar surface area (TPSA) is 85.5 Å². The van der Waals surface area contributed by atoms with Gasteiger partial charge in [-0.25, -0.2) is 4.98 Å². The number of rotatable bonds is 5. The molecule has 0 fully saturated rings. The van der Waals surface area contributed by atoms with Gasteiger partial charge in [0.05, 0.1) is 7.11 Å². The van der Waals surface area contributed by atoms with Crippen molar-refractivity contribution in [2.75, 3.05) is 17.7 Å². The number of imidazole rings is 1. The molecule has 0 aliphatic carbocycles. The first-order valence-corrected chi connectivity index (χ1v) is 9.06. The molecule has 4 rings (SSSR count). The van der Waals surface area contributed by atoms with E-state index in [-0.39, 0.29) is 17.4 Å². The van der Waals surface area contributed by atoms with Gasteiger partial charge in [-0.1, -0.05) is 6.07 Å². The Hall–Kier alpha value is -4.02. The number of nitrogens with zero attached hydrogens (tertiary/aromatic N) is 4. The summed E-state index contributed by atoms with van der Waals surface area (Å²) in [6.07, 6.45) is -2.04. The van der Waals surface area contributed by atoms with Crippen LogP contribution in [-0.4, -0.2) is 32.2 Å². The first-order valence-electron chi connectivity index (χ1n) is 9.06. The summed E-state index contributed by atoms with van der Waals surface area (Å²) in [6.45, 7) is 0. The van der Waals surface area contributed by atoms with Gasteiger partial charge < -0.3 is 15.4 Å². The molecule has 2 N–H and O–H groups in total. The number of carbonyl (C=O) groups excluding carboxylic acids is 1. The number of hydrogen-bond donors (Lipinski definition) is 2. The van der Waals surface area contributed by atoms with E-state index in [2.05, 4.69) is 20.7 Å². The lowest BCUT2D eigenvalue weighted by Gasteiger charge is -2.10. The van der Waals surface area contributed by atoms with Crippen LogP contribution in [0, 0.1) is 0 Å². The van der Waals surface area contributed by atoms with Crippen LogP contribution in [0.1, 0.15) is 16.1 Å². The summed E-state index contributed by atoms with van der Waals surface area (Å²) in [6, 6.07) is 11.5. The average Bonchev–Trinajstić information content (AvgIpc) is 3.33. The Kier molecular flexibility index (Phi) is 5.01. The largest absolute Gasteiger partial charge is 0.479 e. The number of benzene rings is 1. The third-order valence-electron chi connectivity index (χ3n) is 4.43. The van der Waals surface area contributed by atoms with Crippen LogP contribution in [0.15, 0.2) is 54.9 Å². The van der Waals surface area contributed by atoms with Crippen LogP contribution >= 0.6 is 0 Å². The molecule has 11 heteroatoms. The van der Waals surface area contributed by atoms with Crippen LogP contribution in [-0.2, 0) is 13.2 Å².